The van der Waals surface area contributed by atoms with E-state index in [1.54, 1.807) is 0 Å². The highest BCUT2D eigenvalue weighted by Crippen LogP contribution is 2.48. The summed E-state index contributed by atoms with van der Waals surface area (Å²) in [6, 6.07) is 0.864. The number of amides is 1. The van der Waals surface area contributed by atoms with Crippen LogP contribution in [0.2, 0.25) is 0 Å². The van der Waals surface area contributed by atoms with Gasteiger partial charge in [-0.15, -0.1) is 0 Å². The second kappa shape index (κ2) is 6.91. The first-order valence-electron chi connectivity index (χ1n) is 7.21. The molecule has 1 rings (SSSR count). The molecule has 136 valence electrons. The van der Waals surface area contributed by atoms with Crippen molar-refractivity contribution >= 4 is 5.91 Å². The van der Waals surface area contributed by atoms with E-state index in [0.717, 1.165) is 24.7 Å². The van der Waals surface area contributed by atoms with E-state index in [1.807, 2.05) is 0 Å². The molecule has 4 nitrogen and oxygen atoms in total. The van der Waals surface area contributed by atoms with Gasteiger partial charge in [-0.2, -0.15) is 31.6 Å². The number of nitrogens with zero attached hydrogens (tertiary/aromatic N) is 1. The molecule has 0 bridgehead atoms. The number of nitrogens with one attached hydrogen (secondary N) is 1. The Morgan fingerprint density at radius 2 is 1.54 bits per heavy atom. The third kappa shape index (κ3) is 3.60. The highest BCUT2D eigenvalue weighted by molar-refractivity contribution is 5.80. The average molecular weight is 357 g/mol. The molecule has 0 unspecified atom stereocenters. The summed E-state index contributed by atoms with van der Waals surface area (Å²) < 4.78 is 80.5. The van der Waals surface area contributed by atoms with E-state index in [2.05, 4.69) is 0 Å². The van der Waals surface area contributed by atoms with Crippen molar-refractivity contribution < 1.29 is 31.1 Å². The second-order valence-corrected chi connectivity index (χ2v) is 5.74. The highest BCUT2D eigenvalue weighted by atomic mass is 19.4. The Labute approximate surface area is 134 Å². The number of nitriles is 1. The fraction of sp³-hybridized carbons (Fsp3) is 0.714. The summed E-state index contributed by atoms with van der Waals surface area (Å²) in [5, 5.41) is 9.91. The van der Waals surface area contributed by atoms with Gasteiger partial charge in [-0.05, 0) is 19.8 Å². The van der Waals surface area contributed by atoms with Gasteiger partial charge in [0.1, 0.15) is 0 Å². The van der Waals surface area contributed by atoms with Crippen molar-refractivity contribution in [2.24, 2.45) is 11.7 Å². The van der Waals surface area contributed by atoms with Crippen LogP contribution < -0.4 is 11.1 Å². The van der Waals surface area contributed by atoms with Crippen LogP contribution in [0.25, 0.3) is 0 Å². The van der Waals surface area contributed by atoms with Crippen molar-refractivity contribution in [2.45, 2.75) is 56.9 Å². The van der Waals surface area contributed by atoms with Crippen molar-refractivity contribution in [3.63, 3.8) is 0 Å². The van der Waals surface area contributed by atoms with Gasteiger partial charge in [0.25, 0.3) is 5.54 Å². The van der Waals surface area contributed by atoms with E-state index in [4.69, 9.17) is 11.0 Å². The van der Waals surface area contributed by atoms with Gasteiger partial charge in [0.05, 0.1) is 11.6 Å². The number of halogens is 6. The van der Waals surface area contributed by atoms with Crippen LogP contribution in [0.3, 0.4) is 0 Å². The molecule has 0 heterocycles. The first-order chi connectivity index (χ1) is 10.9. The summed E-state index contributed by atoms with van der Waals surface area (Å²) in [6.45, 7) is 0.748. The van der Waals surface area contributed by atoms with Crippen molar-refractivity contribution in [1.82, 2.24) is 5.32 Å². The fourth-order valence-corrected chi connectivity index (χ4v) is 2.77. The molecule has 0 aromatic carbocycles. The lowest BCUT2D eigenvalue weighted by molar-refractivity contribution is -0.291. The molecule has 0 aliphatic heterocycles. The van der Waals surface area contributed by atoms with E-state index in [0.29, 0.717) is 12.8 Å². The third-order valence-electron chi connectivity index (χ3n) is 4.02. The SMILES string of the molecule is CC(N)=C(C#N)C(NC(=O)C1CCCCC1)(C(F)(F)F)C(F)(F)F. The molecule has 3 N–H and O–H groups in total. The van der Waals surface area contributed by atoms with Crippen LogP contribution in [0.5, 0.6) is 0 Å². The quantitative estimate of drug-likeness (QED) is 0.601. The monoisotopic (exact) mass is 357 g/mol. The number of nitrogens with two attached hydrogens (primary N) is 1. The zero-order valence-electron chi connectivity index (χ0n) is 12.8. The average Bonchev–Trinajstić information content (AvgIpc) is 2.44. The molecule has 0 atom stereocenters. The van der Waals surface area contributed by atoms with E-state index in [-0.39, 0.29) is 12.8 Å². The summed E-state index contributed by atoms with van der Waals surface area (Å²) in [5.74, 6) is -2.33. The molecule has 0 radical (unpaired) electrons. The molecule has 0 aromatic rings. The van der Waals surface area contributed by atoms with Gasteiger partial charge in [-0.3, -0.25) is 4.79 Å². The number of rotatable bonds is 3. The summed E-state index contributed by atoms with van der Waals surface area (Å²) in [6.07, 6.45) is -9.73. The lowest BCUT2D eigenvalue weighted by Crippen LogP contribution is -2.69. The van der Waals surface area contributed by atoms with Crippen molar-refractivity contribution in [2.75, 3.05) is 0 Å². The van der Waals surface area contributed by atoms with Crippen LogP contribution in [0.4, 0.5) is 26.3 Å². The fourth-order valence-electron chi connectivity index (χ4n) is 2.77. The summed E-state index contributed by atoms with van der Waals surface area (Å²) >= 11 is 0. The number of hydrogen-bond acceptors (Lipinski definition) is 3. The van der Waals surface area contributed by atoms with Crippen LogP contribution in [0.15, 0.2) is 11.3 Å². The van der Waals surface area contributed by atoms with Crippen molar-refractivity contribution in [1.29, 1.82) is 5.26 Å². The smallest absolute Gasteiger partial charge is 0.401 e. The normalized spacial score (nSPS) is 18.6. The standard InChI is InChI=1S/C14H17F6N3O/c1-8(22)10(7-21)12(13(15,16)17,14(18,19)20)23-11(24)9-5-3-2-4-6-9/h9H,2-6,22H2,1H3,(H,23,24). The summed E-state index contributed by atoms with van der Waals surface area (Å²) in [4.78, 5) is 12.1. The largest absolute Gasteiger partial charge is 0.425 e. The van der Waals surface area contributed by atoms with Gasteiger partial charge in [0.15, 0.2) is 0 Å². The number of hydrogen-bond donors (Lipinski definition) is 2. The lowest BCUT2D eigenvalue weighted by atomic mass is 9.84. The van der Waals surface area contributed by atoms with E-state index < -0.39 is 41.0 Å². The maximum Gasteiger partial charge on any atom is 0.425 e. The number of alkyl halides is 6. The minimum Gasteiger partial charge on any atom is -0.401 e. The Balaban J connectivity index is 3.45. The molecule has 0 aromatic heterocycles. The summed E-state index contributed by atoms with van der Waals surface area (Å²) in [5.41, 5.74) is -2.46. The van der Waals surface area contributed by atoms with E-state index in [9.17, 15) is 31.1 Å². The van der Waals surface area contributed by atoms with Crippen LogP contribution in [0.1, 0.15) is 39.0 Å². The molecule has 1 fully saturated rings. The van der Waals surface area contributed by atoms with E-state index >= 15 is 0 Å². The summed E-state index contributed by atoms with van der Waals surface area (Å²) in [7, 11) is 0. The zero-order valence-corrected chi connectivity index (χ0v) is 12.8. The van der Waals surface area contributed by atoms with Gasteiger partial charge in [0, 0.05) is 11.6 Å². The maximum atomic E-state index is 13.4. The van der Waals surface area contributed by atoms with Gasteiger partial charge in [0.2, 0.25) is 5.91 Å². The predicted octanol–water partition coefficient (Wildman–Crippen LogP) is 3.30. The minimum absolute atomic E-state index is 0.199. The third-order valence-corrected chi connectivity index (χ3v) is 4.02. The molecule has 1 amide bonds. The Kier molecular flexibility index (Phi) is 5.79. The molecule has 10 heteroatoms. The maximum absolute atomic E-state index is 13.4. The van der Waals surface area contributed by atoms with Gasteiger partial charge in [-0.25, -0.2) is 0 Å². The number of carbonyl (C=O) groups excluding carboxylic acids is 1. The first kappa shape index (κ1) is 20.1. The van der Waals surface area contributed by atoms with Gasteiger partial charge < -0.3 is 11.1 Å². The number of carbonyl (C=O) groups is 1. The topological polar surface area (TPSA) is 78.9 Å². The Bertz CT molecular complexity index is 534. The van der Waals surface area contributed by atoms with Crippen molar-refractivity contribution in [3.8, 4) is 6.07 Å². The molecular weight excluding hydrogens is 340 g/mol. The molecule has 1 saturated carbocycles. The van der Waals surface area contributed by atoms with Crippen LogP contribution in [-0.2, 0) is 4.79 Å². The molecule has 0 saturated heterocycles. The molecule has 24 heavy (non-hydrogen) atoms. The zero-order chi connectivity index (χ0) is 18.8. The van der Waals surface area contributed by atoms with Gasteiger partial charge >= 0.3 is 12.4 Å². The first-order valence-corrected chi connectivity index (χ1v) is 7.21. The Morgan fingerprint density at radius 1 is 1.08 bits per heavy atom. The minimum atomic E-state index is -5.98. The van der Waals surface area contributed by atoms with Crippen LogP contribution in [-0.4, -0.2) is 23.8 Å². The van der Waals surface area contributed by atoms with Crippen LogP contribution in [0, 0.1) is 17.2 Å². The van der Waals surface area contributed by atoms with Crippen molar-refractivity contribution in [3.05, 3.63) is 11.3 Å². The molecule has 1 aliphatic carbocycles. The van der Waals surface area contributed by atoms with Crippen LogP contribution >= 0.6 is 0 Å². The Hall–Kier alpha value is -1.92. The predicted molar refractivity (Wildman–Crippen MR) is 72.1 cm³/mol. The highest BCUT2D eigenvalue weighted by Gasteiger charge is 2.74. The lowest BCUT2D eigenvalue weighted by Gasteiger charge is -2.39. The van der Waals surface area contributed by atoms with Gasteiger partial charge in [-0.1, -0.05) is 19.3 Å². The number of allylic oxidation sites excluding steroid dienone is 1. The second-order valence-electron chi connectivity index (χ2n) is 5.74. The Morgan fingerprint density at radius 3 is 1.88 bits per heavy atom. The molecular formula is C14H17F6N3O. The molecule has 1 aliphatic rings. The molecule has 0 spiro atoms. The van der Waals surface area contributed by atoms with E-state index in [1.165, 1.54) is 0 Å².